The molecule has 0 unspecified atom stereocenters. The van der Waals surface area contributed by atoms with Crippen molar-refractivity contribution in [1.82, 2.24) is 5.32 Å². The van der Waals surface area contributed by atoms with Crippen molar-refractivity contribution in [2.45, 2.75) is 6.92 Å². The molecule has 0 spiro atoms. The number of hydrogen-bond acceptors (Lipinski definition) is 5. The maximum atomic E-state index is 11.4. The SMILES string of the molecule is CCNC(=O)c1cc(O)c(O)c([N+](=O)[O-])c1. The van der Waals surface area contributed by atoms with Gasteiger partial charge in [-0.25, -0.2) is 0 Å². The Hall–Kier alpha value is -2.31. The normalized spacial score (nSPS) is 9.81. The Morgan fingerprint density at radius 2 is 2.12 bits per heavy atom. The van der Waals surface area contributed by atoms with Crippen molar-refractivity contribution in [3.63, 3.8) is 0 Å². The minimum atomic E-state index is -0.877. The first kappa shape index (κ1) is 11.8. The molecule has 0 fully saturated rings. The van der Waals surface area contributed by atoms with E-state index >= 15 is 0 Å². The van der Waals surface area contributed by atoms with Crippen LogP contribution in [-0.2, 0) is 0 Å². The molecule has 0 radical (unpaired) electrons. The second kappa shape index (κ2) is 4.47. The molecule has 1 aromatic rings. The Bertz CT molecular complexity index is 444. The number of carbonyl (C=O) groups is 1. The molecular weight excluding hydrogens is 216 g/mol. The molecule has 1 rings (SSSR count). The molecule has 0 aliphatic carbocycles. The summed E-state index contributed by atoms with van der Waals surface area (Å²) in [5.74, 6) is -2.10. The van der Waals surface area contributed by atoms with Gasteiger partial charge in [0.2, 0.25) is 5.75 Å². The van der Waals surface area contributed by atoms with Gasteiger partial charge in [-0.1, -0.05) is 0 Å². The number of aromatic hydroxyl groups is 2. The summed E-state index contributed by atoms with van der Waals surface area (Å²) in [6.07, 6.45) is 0. The van der Waals surface area contributed by atoms with E-state index < -0.39 is 28.0 Å². The maximum absolute atomic E-state index is 11.4. The van der Waals surface area contributed by atoms with Crippen LogP contribution in [0.3, 0.4) is 0 Å². The molecular formula is C9H10N2O5. The molecule has 7 nitrogen and oxygen atoms in total. The summed E-state index contributed by atoms with van der Waals surface area (Å²) in [5, 5.41) is 31.3. The number of amides is 1. The first-order chi connectivity index (χ1) is 7.47. The number of hydrogen-bond donors (Lipinski definition) is 3. The summed E-state index contributed by atoms with van der Waals surface area (Å²) in [6, 6.07) is 1.87. The van der Waals surface area contributed by atoms with Crippen LogP contribution in [0.2, 0.25) is 0 Å². The Kier molecular flexibility index (Phi) is 3.29. The van der Waals surface area contributed by atoms with Crippen LogP contribution >= 0.6 is 0 Å². The van der Waals surface area contributed by atoms with Crippen molar-refractivity contribution >= 4 is 11.6 Å². The van der Waals surface area contributed by atoms with E-state index in [-0.39, 0.29) is 5.56 Å². The lowest BCUT2D eigenvalue weighted by Crippen LogP contribution is -2.22. The number of rotatable bonds is 3. The minimum absolute atomic E-state index is 0.0798. The van der Waals surface area contributed by atoms with Crippen LogP contribution in [0.4, 0.5) is 5.69 Å². The molecule has 86 valence electrons. The molecule has 0 aromatic heterocycles. The van der Waals surface area contributed by atoms with Crippen LogP contribution in [0.25, 0.3) is 0 Å². The second-order valence-corrected chi connectivity index (χ2v) is 2.98. The zero-order chi connectivity index (χ0) is 12.3. The van der Waals surface area contributed by atoms with Crippen molar-refractivity contribution in [2.24, 2.45) is 0 Å². The fourth-order valence-electron chi connectivity index (χ4n) is 1.14. The van der Waals surface area contributed by atoms with Crippen LogP contribution in [-0.4, -0.2) is 27.6 Å². The van der Waals surface area contributed by atoms with Gasteiger partial charge in [-0.15, -0.1) is 0 Å². The summed E-state index contributed by atoms with van der Waals surface area (Å²) in [6.45, 7) is 2.04. The highest BCUT2D eigenvalue weighted by molar-refractivity contribution is 5.95. The van der Waals surface area contributed by atoms with E-state index in [9.17, 15) is 25.1 Å². The maximum Gasteiger partial charge on any atom is 0.315 e. The lowest BCUT2D eigenvalue weighted by atomic mass is 10.1. The van der Waals surface area contributed by atoms with Gasteiger partial charge in [-0.3, -0.25) is 14.9 Å². The van der Waals surface area contributed by atoms with Crippen molar-refractivity contribution in [1.29, 1.82) is 0 Å². The Morgan fingerprint density at radius 1 is 1.50 bits per heavy atom. The van der Waals surface area contributed by atoms with E-state index in [0.29, 0.717) is 6.54 Å². The van der Waals surface area contributed by atoms with E-state index in [1.54, 1.807) is 6.92 Å². The molecule has 0 atom stereocenters. The van der Waals surface area contributed by atoms with E-state index in [0.717, 1.165) is 12.1 Å². The average molecular weight is 226 g/mol. The van der Waals surface area contributed by atoms with Gasteiger partial charge in [0.1, 0.15) is 0 Å². The predicted molar refractivity (Wildman–Crippen MR) is 54.4 cm³/mol. The van der Waals surface area contributed by atoms with E-state index in [1.807, 2.05) is 0 Å². The molecule has 1 amide bonds. The highest BCUT2D eigenvalue weighted by atomic mass is 16.6. The monoisotopic (exact) mass is 226 g/mol. The zero-order valence-electron chi connectivity index (χ0n) is 8.43. The molecule has 7 heteroatoms. The van der Waals surface area contributed by atoms with Gasteiger partial charge in [0.05, 0.1) is 10.5 Å². The zero-order valence-corrected chi connectivity index (χ0v) is 8.43. The third-order valence-corrected chi connectivity index (χ3v) is 1.87. The molecule has 16 heavy (non-hydrogen) atoms. The van der Waals surface area contributed by atoms with Crippen molar-refractivity contribution in [3.8, 4) is 11.5 Å². The molecule has 0 aliphatic heterocycles. The minimum Gasteiger partial charge on any atom is -0.504 e. The second-order valence-electron chi connectivity index (χ2n) is 2.98. The molecule has 0 aliphatic rings. The van der Waals surface area contributed by atoms with Crippen LogP contribution in [0.5, 0.6) is 11.5 Å². The lowest BCUT2D eigenvalue weighted by molar-refractivity contribution is -0.386. The highest BCUT2D eigenvalue weighted by Gasteiger charge is 2.21. The number of nitro benzene ring substituents is 1. The molecule has 0 saturated heterocycles. The lowest BCUT2D eigenvalue weighted by Gasteiger charge is -2.04. The third-order valence-electron chi connectivity index (χ3n) is 1.87. The van der Waals surface area contributed by atoms with Gasteiger partial charge in [0.15, 0.2) is 5.75 Å². The van der Waals surface area contributed by atoms with Gasteiger partial charge in [0.25, 0.3) is 5.91 Å². The van der Waals surface area contributed by atoms with Gasteiger partial charge in [-0.2, -0.15) is 0 Å². The van der Waals surface area contributed by atoms with Crippen LogP contribution in [0.1, 0.15) is 17.3 Å². The topological polar surface area (TPSA) is 113 Å². The Balaban J connectivity index is 3.24. The quantitative estimate of drug-likeness (QED) is 0.400. The average Bonchev–Trinajstić information content (AvgIpc) is 2.21. The Labute approximate surface area is 90.5 Å². The van der Waals surface area contributed by atoms with Crippen LogP contribution in [0, 0.1) is 10.1 Å². The highest BCUT2D eigenvalue weighted by Crippen LogP contribution is 2.35. The summed E-state index contributed by atoms with van der Waals surface area (Å²) < 4.78 is 0. The van der Waals surface area contributed by atoms with Crippen molar-refractivity contribution < 1.29 is 19.9 Å². The first-order valence-corrected chi connectivity index (χ1v) is 4.46. The van der Waals surface area contributed by atoms with Crippen LogP contribution in [0.15, 0.2) is 12.1 Å². The Morgan fingerprint density at radius 3 is 2.62 bits per heavy atom. The predicted octanol–water partition coefficient (Wildman–Crippen LogP) is 0.756. The third kappa shape index (κ3) is 2.19. The molecule has 0 saturated carbocycles. The standard InChI is InChI=1S/C9H10N2O5/c1-2-10-9(14)5-3-6(11(15)16)8(13)7(12)4-5/h3-4,12-13H,2H2,1H3,(H,10,14). The van der Waals surface area contributed by atoms with Gasteiger partial charge in [-0.05, 0) is 13.0 Å². The van der Waals surface area contributed by atoms with E-state index in [1.165, 1.54) is 0 Å². The summed E-state index contributed by atoms with van der Waals surface area (Å²) in [5.41, 5.74) is -0.787. The largest absolute Gasteiger partial charge is 0.504 e. The summed E-state index contributed by atoms with van der Waals surface area (Å²) in [4.78, 5) is 21.0. The fraction of sp³-hybridized carbons (Fsp3) is 0.222. The van der Waals surface area contributed by atoms with Gasteiger partial charge in [0, 0.05) is 12.6 Å². The summed E-state index contributed by atoms with van der Waals surface area (Å²) >= 11 is 0. The molecule has 0 bridgehead atoms. The number of carbonyl (C=O) groups excluding carboxylic acids is 1. The smallest absolute Gasteiger partial charge is 0.315 e. The van der Waals surface area contributed by atoms with Crippen LogP contribution < -0.4 is 5.32 Å². The van der Waals surface area contributed by atoms with E-state index in [4.69, 9.17) is 0 Å². The van der Waals surface area contributed by atoms with Crippen molar-refractivity contribution in [2.75, 3.05) is 6.54 Å². The fourth-order valence-corrected chi connectivity index (χ4v) is 1.14. The molecule has 3 N–H and O–H groups in total. The number of nitro groups is 1. The molecule has 0 heterocycles. The number of nitrogens with zero attached hydrogens (tertiary/aromatic N) is 1. The van der Waals surface area contributed by atoms with Gasteiger partial charge >= 0.3 is 5.69 Å². The van der Waals surface area contributed by atoms with Crippen molar-refractivity contribution in [3.05, 3.63) is 27.8 Å². The number of nitrogens with one attached hydrogen (secondary N) is 1. The van der Waals surface area contributed by atoms with E-state index in [2.05, 4.69) is 5.32 Å². The number of phenols is 2. The van der Waals surface area contributed by atoms with Gasteiger partial charge < -0.3 is 15.5 Å². The number of phenolic OH excluding ortho intramolecular Hbond substituents is 2. The summed E-state index contributed by atoms with van der Waals surface area (Å²) in [7, 11) is 0. The molecule has 1 aromatic carbocycles. The number of benzene rings is 1. The first-order valence-electron chi connectivity index (χ1n) is 4.46.